The van der Waals surface area contributed by atoms with Crippen LogP contribution in [0.1, 0.15) is 11.1 Å². The number of rotatable bonds is 4. The van der Waals surface area contributed by atoms with Crippen molar-refractivity contribution in [3.8, 4) is 6.07 Å². The third-order valence-corrected chi connectivity index (χ3v) is 3.90. The molecule has 0 spiro atoms. The van der Waals surface area contributed by atoms with Crippen LogP contribution in [-0.4, -0.2) is 26.3 Å². The van der Waals surface area contributed by atoms with E-state index in [1.807, 2.05) is 37.2 Å². The predicted molar refractivity (Wildman–Crippen MR) is 108 cm³/mol. The summed E-state index contributed by atoms with van der Waals surface area (Å²) in [5, 5.41) is 15.8. The second-order valence-electron chi connectivity index (χ2n) is 6.12. The number of nitriles is 1. The highest BCUT2D eigenvalue weighted by molar-refractivity contribution is 5.91. The van der Waals surface area contributed by atoms with Gasteiger partial charge in [-0.3, -0.25) is 0 Å². The Morgan fingerprint density at radius 2 is 1.93 bits per heavy atom. The zero-order valence-electron chi connectivity index (χ0n) is 15.3. The second kappa shape index (κ2) is 8.05. The minimum Gasteiger partial charge on any atom is -0.422 e. The summed E-state index contributed by atoms with van der Waals surface area (Å²) in [5.74, 6) is 0. The minimum atomic E-state index is -0.582. The fraction of sp³-hybridized carbons (Fsp3) is 0.100. The van der Waals surface area contributed by atoms with Crippen LogP contribution in [-0.2, 0) is 0 Å². The highest BCUT2D eigenvalue weighted by Crippen LogP contribution is 2.20. The van der Waals surface area contributed by atoms with Gasteiger partial charge in [0.15, 0.2) is 0 Å². The lowest BCUT2D eigenvalue weighted by molar-refractivity contribution is 0.252. The lowest BCUT2D eigenvalue weighted by atomic mass is 10.2. The van der Waals surface area contributed by atoms with Crippen LogP contribution in [0.15, 0.2) is 62.8 Å². The Kier molecular flexibility index (Phi) is 5.37. The van der Waals surface area contributed by atoms with E-state index >= 15 is 0 Å². The lowest BCUT2D eigenvalue weighted by Crippen LogP contribution is -2.24. The van der Waals surface area contributed by atoms with E-state index in [2.05, 4.69) is 15.8 Å². The SMILES string of the molecule is CN(C)c1ccc2cc(/C=N/NC(=O)Nc3ccc(C#N)cc3)c(=O)oc2c1. The molecule has 0 fully saturated rings. The number of carbonyl (C=O) groups excluding carboxylic acids is 1. The van der Waals surface area contributed by atoms with Crippen LogP contribution < -0.4 is 21.3 Å². The Balaban J connectivity index is 1.69. The molecule has 0 unspecified atom stereocenters. The Morgan fingerprint density at radius 1 is 1.18 bits per heavy atom. The zero-order valence-corrected chi connectivity index (χ0v) is 15.3. The molecule has 0 bridgehead atoms. The van der Waals surface area contributed by atoms with Crippen molar-refractivity contribution in [2.45, 2.75) is 0 Å². The van der Waals surface area contributed by atoms with Gasteiger partial charge in [-0.05, 0) is 42.5 Å². The number of fused-ring (bicyclic) bond motifs is 1. The summed E-state index contributed by atoms with van der Waals surface area (Å²) in [6, 6.07) is 15.0. The maximum atomic E-state index is 12.1. The molecule has 8 nitrogen and oxygen atoms in total. The summed E-state index contributed by atoms with van der Waals surface area (Å²) in [4.78, 5) is 25.9. The second-order valence-corrected chi connectivity index (χ2v) is 6.12. The number of urea groups is 1. The van der Waals surface area contributed by atoms with E-state index in [0.717, 1.165) is 11.1 Å². The van der Waals surface area contributed by atoms with E-state index in [1.54, 1.807) is 36.4 Å². The van der Waals surface area contributed by atoms with Crippen LogP contribution in [0.5, 0.6) is 0 Å². The Bertz CT molecular complexity index is 1140. The average molecular weight is 375 g/mol. The normalized spacial score (nSPS) is 10.6. The summed E-state index contributed by atoms with van der Waals surface area (Å²) in [6.45, 7) is 0. The third-order valence-electron chi connectivity index (χ3n) is 3.90. The molecule has 2 aromatic carbocycles. The summed E-state index contributed by atoms with van der Waals surface area (Å²) < 4.78 is 5.33. The van der Waals surface area contributed by atoms with Crippen molar-refractivity contribution in [3.63, 3.8) is 0 Å². The summed E-state index contributed by atoms with van der Waals surface area (Å²) in [6.07, 6.45) is 1.23. The Labute approximate surface area is 160 Å². The maximum absolute atomic E-state index is 12.1. The molecule has 28 heavy (non-hydrogen) atoms. The van der Waals surface area contributed by atoms with Crippen LogP contribution >= 0.6 is 0 Å². The number of carbonyl (C=O) groups is 1. The van der Waals surface area contributed by atoms with Crippen molar-refractivity contribution in [3.05, 3.63) is 70.1 Å². The van der Waals surface area contributed by atoms with Crippen molar-refractivity contribution in [1.29, 1.82) is 5.26 Å². The average Bonchev–Trinajstić information content (AvgIpc) is 2.68. The van der Waals surface area contributed by atoms with Crippen molar-refractivity contribution >= 4 is 34.6 Å². The number of anilines is 2. The molecule has 0 saturated carbocycles. The summed E-state index contributed by atoms with van der Waals surface area (Å²) in [7, 11) is 3.80. The molecule has 0 atom stereocenters. The number of nitrogens with zero attached hydrogens (tertiary/aromatic N) is 3. The molecule has 3 aromatic rings. The van der Waals surface area contributed by atoms with Gasteiger partial charge in [0, 0.05) is 36.9 Å². The number of benzene rings is 2. The van der Waals surface area contributed by atoms with Crippen LogP contribution in [0, 0.1) is 11.3 Å². The molecule has 2 amide bonds. The molecule has 140 valence electrons. The molecule has 0 radical (unpaired) electrons. The topological polar surface area (TPSA) is 111 Å². The van der Waals surface area contributed by atoms with Crippen molar-refractivity contribution < 1.29 is 9.21 Å². The van der Waals surface area contributed by atoms with E-state index < -0.39 is 11.7 Å². The van der Waals surface area contributed by atoms with Gasteiger partial charge in [0.25, 0.3) is 0 Å². The molecule has 8 heteroatoms. The van der Waals surface area contributed by atoms with Gasteiger partial charge in [-0.15, -0.1) is 0 Å². The summed E-state index contributed by atoms with van der Waals surface area (Å²) >= 11 is 0. The fourth-order valence-electron chi connectivity index (χ4n) is 2.43. The van der Waals surface area contributed by atoms with Gasteiger partial charge in [0.2, 0.25) is 0 Å². The molecule has 2 N–H and O–H groups in total. The van der Waals surface area contributed by atoms with E-state index in [4.69, 9.17) is 9.68 Å². The highest BCUT2D eigenvalue weighted by atomic mass is 16.4. The molecule has 0 saturated heterocycles. The van der Waals surface area contributed by atoms with Crippen LogP contribution in [0.2, 0.25) is 0 Å². The number of hydrogen-bond acceptors (Lipinski definition) is 6. The van der Waals surface area contributed by atoms with E-state index in [-0.39, 0.29) is 5.56 Å². The molecule has 0 aliphatic heterocycles. The third kappa shape index (κ3) is 4.34. The van der Waals surface area contributed by atoms with Gasteiger partial charge in [-0.25, -0.2) is 15.0 Å². The number of nitrogens with one attached hydrogen (secondary N) is 2. The highest BCUT2D eigenvalue weighted by Gasteiger charge is 2.06. The molecular weight excluding hydrogens is 358 g/mol. The quantitative estimate of drug-likeness (QED) is 0.414. The number of hydrogen-bond donors (Lipinski definition) is 2. The van der Waals surface area contributed by atoms with E-state index in [1.165, 1.54) is 6.21 Å². The molecular formula is C20H17N5O3. The first kappa shape index (κ1) is 18.7. The monoisotopic (exact) mass is 375 g/mol. The Hall–Kier alpha value is -4.12. The molecule has 0 aliphatic carbocycles. The maximum Gasteiger partial charge on any atom is 0.345 e. The van der Waals surface area contributed by atoms with Gasteiger partial charge >= 0.3 is 11.7 Å². The van der Waals surface area contributed by atoms with Crippen LogP contribution in [0.25, 0.3) is 11.0 Å². The van der Waals surface area contributed by atoms with Crippen LogP contribution in [0.3, 0.4) is 0 Å². The standard InChI is InChI=1S/C20H17N5O3/c1-25(2)17-8-5-14-9-15(19(26)28-18(14)10-17)12-22-24-20(27)23-16-6-3-13(11-21)4-7-16/h3-10,12H,1-2H3,(H2,23,24,27)/b22-12+. The smallest absolute Gasteiger partial charge is 0.345 e. The predicted octanol–water partition coefficient (Wildman–Crippen LogP) is 2.89. The van der Waals surface area contributed by atoms with Crippen molar-refractivity contribution in [2.75, 3.05) is 24.3 Å². The van der Waals surface area contributed by atoms with Gasteiger partial charge in [-0.1, -0.05) is 0 Å². The molecule has 1 heterocycles. The molecule has 1 aromatic heterocycles. The van der Waals surface area contributed by atoms with Gasteiger partial charge in [0.1, 0.15) is 5.58 Å². The molecule has 0 aliphatic rings. The summed E-state index contributed by atoms with van der Waals surface area (Å²) in [5.41, 5.74) is 4.32. The minimum absolute atomic E-state index is 0.212. The van der Waals surface area contributed by atoms with E-state index in [0.29, 0.717) is 16.8 Å². The van der Waals surface area contributed by atoms with Crippen molar-refractivity contribution in [2.24, 2.45) is 5.10 Å². The van der Waals surface area contributed by atoms with Gasteiger partial charge in [-0.2, -0.15) is 10.4 Å². The number of amides is 2. The zero-order chi connectivity index (χ0) is 20.1. The van der Waals surface area contributed by atoms with Crippen LogP contribution in [0.4, 0.5) is 16.2 Å². The first-order chi connectivity index (χ1) is 13.5. The van der Waals surface area contributed by atoms with Gasteiger partial charge in [0.05, 0.1) is 23.4 Å². The fourth-order valence-corrected chi connectivity index (χ4v) is 2.43. The van der Waals surface area contributed by atoms with Crippen molar-refractivity contribution in [1.82, 2.24) is 5.43 Å². The first-order valence-electron chi connectivity index (χ1n) is 8.32. The van der Waals surface area contributed by atoms with E-state index in [9.17, 15) is 9.59 Å². The van der Waals surface area contributed by atoms with Gasteiger partial charge < -0.3 is 14.6 Å². The number of hydrazone groups is 1. The first-order valence-corrected chi connectivity index (χ1v) is 8.32. The lowest BCUT2D eigenvalue weighted by Gasteiger charge is -2.12. The molecule has 3 rings (SSSR count). The Morgan fingerprint density at radius 3 is 2.61 bits per heavy atom. The largest absolute Gasteiger partial charge is 0.422 e.